The van der Waals surface area contributed by atoms with Crippen LogP contribution in [0.15, 0.2) is 12.2 Å². The minimum Gasteiger partial charge on any atom is -0.478 e. The van der Waals surface area contributed by atoms with Crippen molar-refractivity contribution >= 4 is 5.97 Å². The first-order valence-electron chi connectivity index (χ1n) is 4.29. The maximum Gasteiger partial charge on any atom is 0.327 e. The summed E-state index contributed by atoms with van der Waals surface area (Å²) in [5.41, 5.74) is 0. The molecule has 0 radical (unpaired) electrons. The van der Waals surface area contributed by atoms with Crippen molar-refractivity contribution in [3.8, 4) is 0 Å². The Morgan fingerprint density at radius 1 is 1.50 bits per heavy atom. The van der Waals surface area contributed by atoms with Crippen LogP contribution in [0.3, 0.4) is 0 Å². The molecule has 0 aromatic rings. The molecule has 14 heavy (non-hydrogen) atoms. The largest absolute Gasteiger partial charge is 0.478 e. The molecule has 0 amide bonds. The SMILES string of the molecule is COC1CC(/C=C/C(=O)O)C(OC)O1. The normalized spacial score (nSPS) is 32.6. The van der Waals surface area contributed by atoms with E-state index in [1.165, 1.54) is 7.11 Å². The number of rotatable bonds is 4. The smallest absolute Gasteiger partial charge is 0.327 e. The first kappa shape index (κ1) is 11.2. The van der Waals surface area contributed by atoms with Crippen molar-refractivity contribution in [2.24, 2.45) is 5.92 Å². The van der Waals surface area contributed by atoms with Gasteiger partial charge in [-0.1, -0.05) is 6.08 Å². The maximum atomic E-state index is 10.3. The van der Waals surface area contributed by atoms with Gasteiger partial charge in [-0.2, -0.15) is 0 Å². The fraction of sp³-hybridized carbons (Fsp3) is 0.667. The number of carbonyl (C=O) groups is 1. The lowest BCUT2D eigenvalue weighted by Gasteiger charge is -2.12. The maximum absolute atomic E-state index is 10.3. The Bertz CT molecular complexity index is 225. The van der Waals surface area contributed by atoms with Gasteiger partial charge in [0.15, 0.2) is 12.6 Å². The second-order valence-corrected chi connectivity index (χ2v) is 3.00. The third kappa shape index (κ3) is 2.80. The van der Waals surface area contributed by atoms with Crippen molar-refractivity contribution in [1.82, 2.24) is 0 Å². The molecule has 3 unspecified atom stereocenters. The number of carboxylic acids is 1. The highest BCUT2D eigenvalue weighted by Gasteiger charge is 2.33. The van der Waals surface area contributed by atoms with Gasteiger partial charge in [-0.15, -0.1) is 0 Å². The third-order valence-electron chi connectivity index (χ3n) is 2.08. The van der Waals surface area contributed by atoms with Crippen molar-refractivity contribution in [2.75, 3.05) is 14.2 Å². The van der Waals surface area contributed by atoms with Crippen LogP contribution in [-0.2, 0) is 19.0 Å². The van der Waals surface area contributed by atoms with E-state index in [-0.39, 0.29) is 12.2 Å². The van der Waals surface area contributed by atoms with Crippen LogP contribution in [0.1, 0.15) is 6.42 Å². The van der Waals surface area contributed by atoms with E-state index in [4.69, 9.17) is 19.3 Å². The molecule has 0 saturated carbocycles. The second kappa shape index (κ2) is 5.09. The zero-order valence-corrected chi connectivity index (χ0v) is 8.17. The zero-order chi connectivity index (χ0) is 10.6. The monoisotopic (exact) mass is 202 g/mol. The molecule has 0 bridgehead atoms. The number of ether oxygens (including phenoxy) is 3. The molecule has 1 aliphatic heterocycles. The molecule has 0 aliphatic carbocycles. The van der Waals surface area contributed by atoms with Gasteiger partial charge in [0.05, 0.1) is 0 Å². The summed E-state index contributed by atoms with van der Waals surface area (Å²) in [6.45, 7) is 0. The summed E-state index contributed by atoms with van der Waals surface area (Å²) in [5, 5.41) is 8.46. The number of aliphatic carboxylic acids is 1. The minimum atomic E-state index is -0.972. The van der Waals surface area contributed by atoms with Gasteiger partial charge in [0.1, 0.15) is 0 Å². The molecule has 0 aromatic heterocycles. The Kier molecular flexibility index (Phi) is 4.06. The van der Waals surface area contributed by atoms with E-state index in [0.29, 0.717) is 6.42 Å². The molecule has 3 atom stereocenters. The molecule has 80 valence electrons. The van der Waals surface area contributed by atoms with Crippen molar-refractivity contribution in [3.63, 3.8) is 0 Å². The number of hydrogen-bond acceptors (Lipinski definition) is 4. The molecule has 5 nitrogen and oxygen atoms in total. The fourth-order valence-electron chi connectivity index (χ4n) is 1.40. The first-order valence-corrected chi connectivity index (χ1v) is 4.29. The Morgan fingerprint density at radius 3 is 2.71 bits per heavy atom. The summed E-state index contributed by atoms with van der Waals surface area (Å²) in [6, 6.07) is 0. The van der Waals surface area contributed by atoms with Gasteiger partial charge >= 0.3 is 5.97 Å². The van der Waals surface area contributed by atoms with Crippen LogP contribution in [0, 0.1) is 5.92 Å². The van der Waals surface area contributed by atoms with Crippen molar-refractivity contribution in [1.29, 1.82) is 0 Å². The summed E-state index contributed by atoms with van der Waals surface area (Å²) < 4.78 is 15.4. The summed E-state index contributed by atoms with van der Waals surface area (Å²) in [6.07, 6.45) is 2.53. The molecule has 1 N–H and O–H groups in total. The zero-order valence-electron chi connectivity index (χ0n) is 8.17. The van der Waals surface area contributed by atoms with Crippen molar-refractivity contribution in [2.45, 2.75) is 19.0 Å². The van der Waals surface area contributed by atoms with Crippen LogP contribution in [-0.4, -0.2) is 37.9 Å². The standard InChI is InChI=1S/C9H14O5/c1-12-8-5-6(3-4-7(10)11)9(13-2)14-8/h3-4,6,8-9H,5H2,1-2H3,(H,10,11)/b4-3+. The lowest BCUT2D eigenvalue weighted by Crippen LogP contribution is -2.17. The topological polar surface area (TPSA) is 65.0 Å². The quantitative estimate of drug-likeness (QED) is 0.676. The van der Waals surface area contributed by atoms with E-state index in [1.54, 1.807) is 13.2 Å². The van der Waals surface area contributed by atoms with Gasteiger partial charge in [0, 0.05) is 32.6 Å². The van der Waals surface area contributed by atoms with Crippen molar-refractivity contribution < 1.29 is 24.1 Å². The van der Waals surface area contributed by atoms with Crippen LogP contribution in [0.2, 0.25) is 0 Å². The van der Waals surface area contributed by atoms with Crippen LogP contribution in [0.5, 0.6) is 0 Å². The average Bonchev–Trinajstić information content (AvgIpc) is 2.57. The molecule has 1 rings (SSSR count). The third-order valence-corrected chi connectivity index (χ3v) is 2.08. The molecule has 1 heterocycles. The van der Waals surface area contributed by atoms with Crippen LogP contribution in [0.25, 0.3) is 0 Å². The summed E-state index contributed by atoms with van der Waals surface area (Å²) in [5.74, 6) is -1.04. The summed E-state index contributed by atoms with van der Waals surface area (Å²) in [7, 11) is 3.06. The molecule has 1 saturated heterocycles. The second-order valence-electron chi connectivity index (χ2n) is 3.00. The van der Waals surface area contributed by atoms with E-state index in [0.717, 1.165) is 6.08 Å². The molecular formula is C9H14O5. The Balaban J connectivity index is 2.54. The van der Waals surface area contributed by atoms with Gasteiger partial charge in [-0.05, 0) is 0 Å². The van der Waals surface area contributed by atoms with Crippen LogP contribution >= 0.6 is 0 Å². The Hall–Kier alpha value is -0.910. The Morgan fingerprint density at radius 2 is 2.21 bits per heavy atom. The van der Waals surface area contributed by atoms with E-state index < -0.39 is 12.3 Å². The molecule has 1 fully saturated rings. The molecule has 0 aromatic carbocycles. The minimum absolute atomic E-state index is 0.0685. The number of carboxylic acid groups (broad SMARTS) is 1. The molecule has 5 heteroatoms. The predicted molar refractivity (Wildman–Crippen MR) is 47.6 cm³/mol. The van der Waals surface area contributed by atoms with Gasteiger partial charge < -0.3 is 19.3 Å². The lowest BCUT2D eigenvalue weighted by molar-refractivity contribution is -0.190. The average molecular weight is 202 g/mol. The number of methoxy groups -OCH3 is 2. The fourth-order valence-corrected chi connectivity index (χ4v) is 1.40. The van der Waals surface area contributed by atoms with E-state index in [9.17, 15) is 4.79 Å². The van der Waals surface area contributed by atoms with Gasteiger partial charge in [0.2, 0.25) is 0 Å². The first-order chi connectivity index (χ1) is 6.67. The van der Waals surface area contributed by atoms with Gasteiger partial charge in [-0.25, -0.2) is 4.79 Å². The van der Waals surface area contributed by atoms with Crippen LogP contribution in [0.4, 0.5) is 0 Å². The molecular weight excluding hydrogens is 188 g/mol. The lowest BCUT2D eigenvalue weighted by atomic mass is 10.1. The summed E-state index contributed by atoms with van der Waals surface area (Å²) >= 11 is 0. The van der Waals surface area contributed by atoms with E-state index >= 15 is 0 Å². The predicted octanol–water partition coefficient (Wildman–Crippen LogP) is 0.609. The Labute approximate surface area is 82.3 Å². The highest BCUT2D eigenvalue weighted by Crippen LogP contribution is 2.28. The summed E-state index contributed by atoms with van der Waals surface area (Å²) in [4.78, 5) is 10.3. The highest BCUT2D eigenvalue weighted by molar-refractivity contribution is 5.79. The van der Waals surface area contributed by atoms with Crippen molar-refractivity contribution in [3.05, 3.63) is 12.2 Å². The number of hydrogen-bond donors (Lipinski definition) is 1. The molecule has 1 aliphatic rings. The van der Waals surface area contributed by atoms with Crippen LogP contribution < -0.4 is 0 Å². The van der Waals surface area contributed by atoms with E-state index in [2.05, 4.69) is 0 Å². The van der Waals surface area contributed by atoms with Gasteiger partial charge in [0.25, 0.3) is 0 Å². The van der Waals surface area contributed by atoms with Gasteiger partial charge in [-0.3, -0.25) is 0 Å². The molecule has 0 spiro atoms. The highest BCUT2D eigenvalue weighted by atomic mass is 16.8. The van der Waals surface area contributed by atoms with E-state index in [1.807, 2.05) is 0 Å².